The Morgan fingerprint density at radius 3 is 2.12 bits per heavy atom. The van der Waals surface area contributed by atoms with Crippen molar-refractivity contribution in [1.82, 2.24) is 0 Å². The summed E-state index contributed by atoms with van der Waals surface area (Å²) < 4.78 is 0. The van der Waals surface area contributed by atoms with Gasteiger partial charge in [-0.2, -0.15) is 5.10 Å². The van der Waals surface area contributed by atoms with Gasteiger partial charge in [-0.15, -0.1) is 0 Å². The topological polar surface area (TPSA) is 15.6 Å². The molecule has 1 aliphatic rings. The summed E-state index contributed by atoms with van der Waals surface area (Å²) in [6, 6.07) is 27.2. The molecule has 0 unspecified atom stereocenters. The molecule has 0 fully saturated rings. The third kappa shape index (κ3) is 3.31. The van der Waals surface area contributed by atoms with Crippen LogP contribution in [0.2, 0.25) is 0 Å². The first-order valence-corrected chi connectivity index (χ1v) is 9.54. The van der Waals surface area contributed by atoms with Gasteiger partial charge >= 0.3 is 0 Å². The maximum absolute atomic E-state index is 4.98. The minimum absolute atomic E-state index is 1.00. The number of anilines is 1. The molecule has 0 aliphatic carbocycles. The summed E-state index contributed by atoms with van der Waals surface area (Å²) in [5.41, 5.74) is 7.07. The monoisotopic (exact) mass is 356 g/mol. The zero-order valence-electron chi connectivity index (χ0n) is 14.9. The average Bonchev–Trinajstić information content (AvgIpc) is 2.71. The Morgan fingerprint density at radius 1 is 0.731 bits per heavy atom. The molecule has 26 heavy (non-hydrogen) atoms. The molecule has 0 atom stereocenters. The summed E-state index contributed by atoms with van der Waals surface area (Å²) in [7, 11) is 0. The van der Waals surface area contributed by atoms with Gasteiger partial charge in [-0.25, -0.2) is 5.01 Å². The van der Waals surface area contributed by atoms with Gasteiger partial charge in [0.1, 0.15) is 5.04 Å². The van der Waals surface area contributed by atoms with Gasteiger partial charge in [-0.05, 0) is 43.2 Å². The van der Waals surface area contributed by atoms with Crippen LogP contribution in [-0.4, -0.2) is 5.04 Å². The third-order valence-corrected chi connectivity index (χ3v) is 5.41. The first kappa shape index (κ1) is 16.7. The number of para-hydroxylation sites is 1. The van der Waals surface area contributed by atoms with Crippen LogP contribution < -0.4 is 5.01 Å². The Bertz CT molecular complexity index is 976. The Labute approximate surface area is 158 Å². The van der Waals surface area contributed by atoms with E-state index in [1.165, 1.54) is 16.7 Å². The van der Waals surface area contributed by atoms with Gasteiger partial charge in [0.25, 0.3) is 0 Å². The van der Waals surface area contributed by atoms with Crippen molar-refractivity contribution in [2.75, 3.05) is 5.01 Å². The quantitative estimate of drug-likeness (QED) is 0.554. The van der Waals surface area contributed by atoms with Gasteiger partial charge < -0.3 is 0 Å². The summed E-state index contributed by atoms with van der Waals surface area (Å²) in [5, 5.41) is 10.2. The molecule has 0 amide bonds. The normalized spacial score (nSPS) is 14.0. The van der Waals surface area contributed by atoms with Crippen molar-refractivity contribution < 1.29 is 0 Å². The fourth-order valence-electron chi connectivity index (χ4n) is 2.89. The van der Waals surface area contributed by atoms with Gasteiger partial charge in [-0.1, -0.05) is 72.4 Å². The Kier molecular flexibility index (Phi) is 4.63. The number of hydrogen-bond donors (Lipinski definition) is 0. The van der Waals surface area contributed by atoms with E-state index in [-0.39, 0.29) is 0 Å². The van der Waals surface area contributed by atoms with Crippen molar-refractivity contribution in [2.45, 2.75) is 13.8 Å². The van der Waals surface area contributed by atoms with Crippen LogP contribution in [0.3, 0.4) is 0 Å². The van der Waals surface area contributed by atoms with Gasteiger partial charge in [0.05, 0.1) is 11.4 Å². The maximum atomic E-state index is 4.98. The molecule has 0 saturated carbocycles. The SMILES string of the molecule is Cc1ccc(C2=CSC(c3ccccc3)=NN2c2ccccc2)cc1C. The number of hydrazone groups is 1. The summed E-state index contributed by atoms with van der Waals surface area (Å²) in [6.45, 7) is 4.30. The maximum Gasteiger partial charge on any atom is 0.129 e. The van der Waals surface area contributed by atoms with Gasteiger partial charge in [0.15, 0.2) is 0 Å². The first-order chi connectivity index (χ1) is 12.7. The minimum Gasteiger partial charge on any atom is -0.232 e. The van der Waals surface area contributed by atoms with Crippen molar-refractivity contribution in [3.05, 3.63) is 107 Å². The van der Waals surface area contributed by atoms with E-state index < -0.39 is 0 Å². The molecule has 3 heteroatoms. The van der Waals surface area contributed by atoms with Crippen molar-refractivity contribution in [2.24, 2.45) is 5.10 Å². The van der Waals surface area contributed by atoms with E-state index in [2.05, 4.69) is 61.7 Å². The smallest absolute Gasteiger partial charge is 0.129 e. The van der Waals surface area contributed by atoms with Crippen LogP contribution in [0.25, 0.3) is 5.70 Å². The van der Waals surface area contributed by atoms with Gasteiger partial charge in [-0.3, -0.25) is 0 Å². The van der Waals surface area contributed by atoms with E-state index in [0.717, 1.165) is 22.0 Å². The second kappa shape index (κ2) is 7.22. The summed E-state index contributed by atoms with van der Waals surface area (Å²) in [5.74, 6) is 0. The van der Waals surface area contributed by atoms with E-state index in [0.29, 0.717) is 0 Å². The lowest BCUT2D eigenvalue weighted by Crippen LogP contribution is -2.20. The lowest BCUT2D eigenvalue weighted by molar-refractivity contribution is 1.10. The van der Waals surface area contributed by atoms with Crippen LogP contribution in [0, 0.1) is 13.8 Å². The Hall–Kier alpha value is -2.78. The van der Waals surface area contributed by atoms with Crippen LogP contribution in [0.5, 0.6) is 0 Å². The molecule has 3 aromatic rings. The van der Waals surface area contributed by atoms with Crippen molar-refractivity contribution in [3.8, 4) is 0 Å². The average molecular weight is 356 g/mol. The highest BCUT2D eigenvalue weighted by Crippen LogP contribution is 2.35. The molecule has 128 valence electrons. The predicted octanol–water partition coefficient (Wildman–Crippen LogP) is 6.22. The lowest BCUT2D eigenvalue weighted by Gasteiger charge is -2.27. The molecule has 1 aliphatic heterocycles. The third-order valence-electron chi connectivity index (χ3n) is 4.53. The number of nitrogens with zero attached hydrogens (tertiary/aromatic N) is 2. The second-order valence-electron chi connectivity index (χ2n) is 6.34. The number of benzene rings is 3. The molecular weight excluding hydrogens is 336 g/mol. The van der Waals surface area contributed by atoms with E-state index >= 15 is 0 Å². The van der Waals surface area contributed by atoms with E-state index in [1.807, 2.05) is 41.4 Å². The lowest BCUT2D eigenvalue weighted by atomic mass is 10.0. The Morgan fingerprint density at radius 2 is 1.42 bits per heavy atom. The number of aryl methyl sites for hydroxylation is 2. The van der Waals surface area contributed by atoms with Gasteiger partial charge in [0, 0.05) is 16.5 Å². The molecular formula is C23H20N2S. The fraction of sp³-hybridized carbons (Fsp3) is 0.0870. The highest BCUT2D eigenvalue weighted by Gasteiger charge is 2.20. The Balaban J connectivity index is 1.79. The number of thioether (sulfide) groups is 1. The fourth-order valence-corrected chi connectivity index (χ4v) is 3.75. The molecule has 0 aromatic heterocycles. The van der Waals surface area contributed by atoms with E-state index in [4.69, 9.17) is 5.10 Å². The molecule has 0 N–H and O–H groups in total. The molecule has 0 spiro atoms. The molecule has 4 rings (SSSR count). The van der Waals surface area contributed by atoms with Crippen LogP contribution in [0.4, 0.5) is 5.69 Å². The predicted molar refractivity (Wildman–Crippen MR) is 113 cm³/mol. The molecule has 0 radical (unpaired) electrons. The van der Waals surface area contributed by atoms with E-state index in [1.54, 1.807) is 11.8 Å². The van der Waals surface area contributed by atoms with Crippen LogP contribution in [0.15, 0.2) is 89.4 Å². The highest BCUT2D eigenvalue weighted by atomic mass is 32.2. The molecule has 2 nitrogen and oxygen atoms in total. The number of rotatable bonds is 3. The van der Waals surface area contributed by atoms with Crippen molar-refractivity contribution in [3.63, 3.8) is 0 Å². The highest BCUT2D eigenvalue weighted by molar-refractivity contribution is 8.17. The van der Waals surface area contributed by atoms with Crippen molar-refractivity contribution >= 4 is 28.2 Å². The summed E-state index contributed by atoms with van der Waals surface area (Å²) in [4.78, 5) is 0. The van der Waals surface area contributed by atoms with Gasteiger partial charge in [0.2, 0.25) is 0 Å². The zero-order chi connectivity index (χ0) is 17.9. The zero-order valence-corrected chi connectivity index (χ0v) is 15.7. The van der Waals surface area contributed by atoms with Crippen LogP contribution >= 0.6 is 11.8 Å². The largest absolute Gasteiger partial charge is 0.232 e. The molecule has 0 bridgehead atoms. The summed E-state index contributed by atoms with van der Waals surface area (Å²) in [6.07, 6.45) is 0. The summed E-state index contributed by atoms with van der Waals surface area (Å²) >= 11 is 1.67. The van der Waals surface area contributed by atoms with Crippen LogP contribution in [-0.2, 0) is 0 Å². The standard InChI is InChI=1S/C23H20N2S/c1-17-13-14-20(15-18(17)2)22-16-26-23(19-9-5-3-6-10-19)24-25(22)21-11-7-4-8-12-21/h3-16H,1-2H3. The molecule has 3 aromatic carbocycles. The molecule has 1 heterocycles. The van der Waals surface area contributed by atoms with Crippen molar-refractivity contribution in [1.29, 1.82) is 0 Å². The number of hydrogen-bond acceptors (Lipinski definition) is 3. The molecule has 0 saturated heterocycles. The second-order valence-corrected chi connectivity index (χ2v) is 7.20. The van der Waals surface area contributed by atoms with Crippen LogP contribution in [0.1, 0.15) is 22.3 Å². The first-order valence-electron chi connectivity index (χ1n) is 8.66. The van der Waals surface area contributed by atoms with E-state index in [9.17, 15) is 0 Å². The minimum atomic E-state index is 1.00.